The first kappa shape index (κ1) is 31.8. The fraction of sp³-hybridized carbons (Fsp3) is 0.434. The van der Waals surface area contributed by atoms with Gasteiger partial charge in [-0.15, -0.1) is 0 Å². The molecule has 0 aromatic heterocycles. The number of nitrogens with zero attached hydrogens (tertiary/aromatic N) is 2. The van der Waals surface area contributed by atoms with E-state index in [9.17, 15) is 0 Å². The van der Waals surface area contributed by atoms with Crippen LogP contribution in [0.25, 0.3) is 0 Å². The molecule has 0 saturated heterocycles. The molecule has 5 aromatic rings. The zero-order chi connectivity index (χ0) is 40.7. The van der Waals surface area contributed by atoms with Crippen LogP contribution in [0.3, 0.4) is 0 Å². The van der Waals surface area contributed by atoms with Gasteiger partial charge in [0.2, 0.25) is 0 Å². The molecular weight excluding hydrogens is 675 g/mol. The van der Waals surface area contributed by atoms with Crippen LogP contribution in [0, 0.1) is 30.5 Å². The van der Waals surface area contributed by atoms with E-state index < -0.39 is 6.85 Å². The van der Waals surface area contributed by atoms with Gasteiger partial charge in [0.05, 0.1) is 0 Å². The summed E-state index contributed by atoms with van der Waals surface area (Å²) in [6, 6.07) is 37.0. The van der Waals surface area contributed by atoms with Crippen LogP contribution in [0.4, 0.5) is 34.1 Å². The second-order valence-electron chi connectivity index (χ2n) is 20.8. The average Bonchev–Trinajstić information content (AvgIpc) is 4.04. The van der Waals surface area contributed by atoms with Gasteiger partial charge in [0.1, 0.15) is 0 Å². The summed E-state index contributed by atoms with van der Waals surface area (Å²) < 4.78 is 26.6. The van der Waals surface area contributed by atoms with Crippen LogP contribution in [-0.4, -0.2) is 6.71 Å². The fourth-order valence-corrected chi connectivity index (χ4v) is 12.6. The molecule has 6 aliphatic rings. The molecule has 4 aliphatic carbocycles. The van der Waals surface area contributed by atoms with Gasteiger partial charge >= 0.3 is 0 Å². The van der Waals surface area contributed by atoms with Crippen molar-refractivity contribution in [2.45, 2.75) is 122 Å². The van der Waals surface area contributed by atoms with E-state index in [1.165, 1.54) is 95.7 Å². The van der Waals surface area contributed by atoms with Crippen molar-refractivity contribution in [1.29, 1.82) is 0 Å². The predicted molar refractivity (Wildman–Crippen MR) is 239 cm³/mol. The van der Waals surface area contributed by atoms with Gasteiger partial charge in [-0.3, -0.25) is 0 Å². The van der Waals surface area contributed by atoms with Crippen LogP contribution in [-0.2, 0) is 10.8 Å². The summed E-state index contributed by atoms with van der Waals surface area (Å²) in [5.74, 6) is 4.61. The van der Waals surface area contributed by atoms with E-state index in [2.05, 4.69) is 136 Å². The topological polar surface area (TPSA) is 6.48 Å². The Morgan fingerprint density at radius 2 is 1.02 bits per heavy atom. The van der Waals surface area contributed by atoms with Gasteiger partial charge in [0, 0.05) is 38.2 Å². The van der Waals surface area contributed by atoms with Crippen molar-refractivity contribution in [1.82, 2.24) is 0 Å². The van der Waals surface area contributed by atoms with E-state index >= 15 is 0 Å². The number of fused-ring (bicyclic) bond motifs is 8. The quantitative estimate of drug-likeness (QED) is 0.166. The van der Waals surface area contributed by atoms with Gasteiger partial charge in [0.25, 0.3) is 6.71 Å². The Hall–Kier alpha value is -4.24. The molecule has 4 bridgehead atoms. The van der Waals surface area contributed by atoms with Crippen molar-refractivity contribution in [2.75, 3.05) is 9.80 Å². The number of hydrogen-bond donors (Lipinski definition) is 0. The molecule has 0 N–H and O–H groups in total. The highest BCUT2D eigenvalue weighted by atomic mass is 15.2. The molecule has 2 aliphatic heterocycles. The Bertz CT molecular complexity index is 2470. The number of aryl methyl sites for hydroxylation is 1. The molecule has 6 atom stereocenters. The Kier molecular flexibility index (Phi) is 7.03. The van der Waals surface area contributed by atoms with Crippen molar-refractivity contribution < 1.29 is 4.11 Å². The van der Waals surface area contributed by atoms with E-state index in [4.69, 9.17) is 4.11 Å². The number of rotatable bonds is 4. The molecule has 0 amide bonds. The molecule has 284 valence electrons. The predicted octanol–water partition coefficient (Wildman–Crippen LogP) is 12.5. The van der Waals surface area contributed by atoms with Crippen molar-refractivity contribution in [3.63, 3.8) is 0 Å². The van der Waals surface area contributed by atoms with E-state index in [1.807, 2.05) is 12.1 Å². The minimum atomic E-state index is -2.29. The van der Waals surface area contributed by atoms with Gasteiger partial charge in [0.15, 0.2) is 0 Å². The Morgan fingerprint density at radius 1 is 0.518 bits per heavy atom. The molecule has 2 nitrogen and oxygen atoms in total. The third kappa shape index (κ3) is 5.42. The molecule has 56 heavy (non-hydrogen) atoms. The summed E-state index contributed by atoms with van der Waals surface area (Å²) >= 11 is 0. The Labute approximate surface area is 341 Å². The van der Waals surface area contributed by atoms with Crippen LogP contribution in [0.15, 0.2) is 97.1 Å². The van der Waals surface area contributed by atoms with Crippen LogP contribution in [0.2, 0.25) is 0 Å². The highest BCUT2D eigenvalue weighted by Gasteiger charge is 2.46. The minimum absolute atomic E-state index is 0.0129. The number of benzene rings is 5. The molecule has 4 fully saturated rings. The summed E-state index contributed by atoms with van der Waals surface area (Å²) in [5, 5.41) is 0. The van der Waals surface area contributed by atoms with Crippen LogP contribution >= 0.6 is 0 Å². The second kappa shape index (κ2) is 12.4. The fourth-order valence-electron chi connectivity index (χ4n) is 12.6. The highest BCUT2D eigenvalue weighted by molar-refractivity contribution is 7.00. The summed E-state index contributed by atoms with van der Waals surface area (Å²) in [6.45, 7) is 11.4. The van der Waals surface area contributed by atoms with Crippen molar-refractivity contribution in [3.05, 3.63) is 125 Å². The summed E-state index contributed by atoms with van der Waals surface area (Å²) in [4.78, 5) is 4.80. The third-order valence-electron chi connectivity index (χ3n) is 15.4. The monoisotopic (exact) mass is 737 g/mol. The van der Waals surface area contributed by atoms with Gasteiger partial charge in [-0.05, 0) is 184 Å². The Balaban J connectivity index is 1.17. The lowest BCUT2D eigenvalue weighted by atomic mass is 9.33. The molecule has 4 saturated carbocycles. The molecule has 3 heteroatoms. The Morgan fingerprint density at radius 3 is 1.54 bits per heavy atom. The van der Waals surface area contributed by atoms with Crippen molar-refractivity contribution >= 4 is 57.2 Å². The average molecular weight is 738 g/mol. The van der Waals surface area contributed by atoms with Gasteiger partial charge in [-0.1, -0.05) is 103 Å². The van der Waals surface area contributed by atoms with Crippen LogP contribution < -0.4 is 26.2 Å². The zero-order valence-corrected chi connectivity index (χ0v) is 34.3. The van der Waals surface area contributed by atoms with Crippen LogP contribution in [0.1, 0.15) is 137 Å². The number of hydrogen-bond acceptors (Lipinski definition) is 2. The lowest BCUT2D eigenvalue weighted by Gasteiger charge is -2.45. The van der Waals surface area contributed by atoms with E-state index in [-0.39, 0.29) is 17.5 Å². The van der Waals surface area contributed by atoms with E-state index in [0.29, 0.717) is 17.4 Å². The van der Waals surface area contributed by atoms with E-state index in [0.717, 1.165) is 52.1 Å². The number of anilines is 6. The van der Waals surface area contributed by atoms with Crippen molar-refractivity contribution in [2.24, 2.45) is 23.7 Å². The standard InChI is InChI=1S/C53H59BN2/c1-32-24-49-51-50(25-32)56(42-20-15-39(16-21-42)52(2,3)4)48-23-17-40(53(5,6)7)31-46(48)54(51)45-30-38(44-29-34-9-11-37(44)27-34)14-22-47(45)55(49)41-18-12-35(13-19-41)43-28-33-8-10-36(43)26-33/h12-25,30-31,33-34,36-37,43-44H,8-11,26-29H2,1-7H3/i1D3. The summed E-state index contributed by atoms with van der Waals surface area (Å²) in [5.41, 5.74) is 16.1. The maximum Gasteiger partial charge on any atom is 0.252 e. The van der Waals surface area contributed by atoms with Crippen LogP contribution in [0.5, 0.6) is 0 Å². The third-order valence-corrected chi connectivity index (χ3v) is 15.4. The van der Waals surface area contributed by atoms with Gasteiger partial charge in [-0.2, -0.15) is 0 Å². The first-order chi connectivity index (χ1) is 28.1. The molecular formula is C53H59BN2. The first-order valence-electron chi connectivity index (χ1n) is 23.4. The van der Waals surface area contributed by atoms with Gasteiger partial charge < -0.3 is 9.80 Å². The second-order valence-corrected chi connectivity index (χ2v) is 20.8. The lowest BCUT2D eigenvalue weighted by molar-refractivity contribution is 0.420. The van der Waals surface area contributed by atoms with Crippen molar-refractivity contribution in [3.8, 4) is 0 Å². The molecule has 6 unspecified atom stereocenters. The highest BCUT2D eigenvalue weighted by Crippen LogP contribution is 2.55. The minimum Gasteiger partial charge on any atom is -0.311 e. The summed E-state index contributed by atoms with van der Waals surface area (Å²) in [7, 11) is 0. The van der Waals surface area contributed by atoms with E-state index in [1.54, 1.807) is 0 Å². The largest absolute Gasteiger partial charge is 0.311 e. The van der Waals surface area contributed by atoms with Gasteiger partial charge in [-0.25, -0.2) is 0 Å². The maximum atomic E-state index is 8.88. The lowest BCUT2D eigenvalue weighted by Crippen LogP contribution is -2.61. The maximum absolute atomic E-state index is 8.88. The molecule has 0 radical (unpaired) electrons. The summed E-state index contributed by atoms with van der Waals surface area (Å²) in [6.07, 6.45) is 10.9. The molecule has 2 heterocycles. The molecule has 5 aromatic carbocycles. The first-order valence-corrected chi connectivity index (χ1v) is 21.9. The molecule has 11 rings (SSSR count). The normalized spacial score (nSPS) is 26.8. The SMILES string of the molecule is [2H]C([2H])([2H])c1cc2c3c(c1)N(c1ccc(C(C)(C)C)cc1)c1ccc(C(C)(C)C)cc1B3c1cc(C3CC4CCC3C4)ccc1N2c1ccc(C2CC3CCC2C3)cc1. The smallest absolute Gasteiger partial charge is 0.252 e. The zero-order valence-electron chi connectivity index (χ0n) is 37.3. The molecule has 0 spiro atoms.